The van der Waals surface area contributed by atoms with Crippen LogP contribution in [-0.4, -0.2) is 39.6 Å². The van der Waals surface area contributed by atoms with Gasteiger partial charge < -0.3 is 28.4 Å². The lowest BCUT2D eigenvalue weighted by Crippen LogP contribution is -2.15. The number of unbranched alkanes of at least 4 members (excludes halogenated alkanes) is 9. The SMILES string of the molecule is CCCC1CCC(c2ccc(OCC)c(F)c2F)CC1.CCCCC1CCC(c2ccc(OCC)c(F)c2F)CC1.CCCCCC1CCC(c2ccc(OCC)c(F)c2F)CC1.CCCCCC1CCC(c2ccc(OCCCC)c(F)c2F)CC1.CCCCOc1ccc(C2CCC(CCC)CC2)c(F)c1F.CCCCOc1ccc(C2CCC(CCCC)CC2)c(F)c1F. The molecular formula is C114H168F12O6. The van der Waals surface area contributed by atoms with Crippen molar-refractivity contribution in [3.8, 4) is 34.5 Å². The molecule has 132 heavy (non-hydrogen) atoms. The Balaban J connectivity index is 0.000000217. The third-order valence-electron chi connectivity index (χ3n) is 29.1. The monoisotopic (exact) mass is 1860 g/mol. The van der Waals surface area contributed by atoms with Crippen molar-refractivity contribution in [1.29, 1.82) is 0 Å². The van der Waals surface area contributed by atoms with Crippen LogP contribution in [0.1, 0.15) is 460 Å². The lowest BCUT2D eigenvalue weighted by molar-refractivity contribution is 0.282. The highest BCUT2D eigenvalue weighted by molar-refractivity contribution is 5.39. The third kappa shape index (κ3) is 35.7. The first-order chi connectivity index (χ1) is 64.0. The van der Waals surface area contributed by atoms with Gasteiger partial charge in [-0.1, -0.05) is 234 Å². The summed E-state index contributed by atoms with van der Waals surface area (Å²) in [5.41, 5.74) is 3.22. The molecule has 0 saturated heterocycles. The van der Waals surface area contributed by atoms with Gasteiger partial charge in [0.25, 0.3) is 0 Å². The molecule has 0 radical (unpaired) electrons. The maximum Gasteiger partial charge on any atom is 0.200 e. The molecule has 6 aromatic carbocycles. The van der Waals surface area contributed by atoms with Crippen LogP contribution in [-0.2, 0) is 0 Å². The molecule has 0 unspecified atom stereocenters. The second kappa shape index (κ2) is 62.9. The molecule has 6 nitrogen and oxygen atoms in total. The molecular weight excluding hydrogens is 1690 g/mol. The van der Waals surface area contributed by atoms with Crippen LogP contribution in [0.5, 0.6) is 34.5 Å². The molecule has 0 aliphatic heterocycles. The molecule has 0 bridgehead atoms. The van der Waals surface area contributed by atoms with Gasteiger partial charge in [-0.2, -0.15) is 26.3 Å². The van der Waals surface area contributed by atoms with Crippen molar-refractivity contribution >= 4 is 0 Å². The van der Waals surface area contributed by atoms with E-state index in [0.29, 0.717) is 73.0 Å². The Morgan fingerprint density at radius 1 is 0.174 bits per heavy atom. The fraction of sp³-hybridized carbons (Fsp3) is 0.684. The molecule has 0 heterocycles. The highest BCUT2D eigenvalue weighted by atomic mass is 19.2. The summed E-state index contributed by atoms with van der Waals surface area (Å²) < 4.78 is 202. The number of benzene rings is 6. The van der Waals surface area contributed by atoms with E-state index in [-0.39, 0.29) is 70.0 Å². The van der Waals surface area contributed by atoms with Gasteiger partial charge >= 0.3 is 0 Å². The lowest BCUT2D eigenvalue weighted by Gasteiger charge is -2.29. The van der Waals surface area contributed by atoms with E-state index >= 15 is 0 Å². The second-order valence-electron chi connectivity index (χ2n) is 38.7. The van der Waals surface area contributed by atoms with Crippen LogP contribution in [0.2, 0.25) is 0 Å². The van der Waals surface area contributed by atoms with E-state index < -0.39 is 69.8 Å². The zero-order valence-corrected chi connectivity index (χ0v) is 83.0. The van der Waals surface area contributed by atoms with Crippen LogP contribution >= 0.6 is 0 Å². The normalized spacial score (nSPS) is 21.8. The third-order valence-corrected chi connectivity index (χ3v) is 29.1. The zero-order chi connectivity index (χ0) is 95.7. The van der Waals surface area contributed by atoms with Gasteiger partial charge in [0.1, 0.15) is 0 Å². The van der Waals surface area contributed by atoms with Crippen LogP contribution in [0, 0.1) is 105 Å². The smallest absolute Gasteiger partial charge is 0.200 e. The predicted molar refractivity (Wildman–Crippen MR) is 518 cm³/mol. The fourth-order valence-electron chi connectivity index (χ4n) is 21.0. The summed E-state index contributed by atoms with van der Waals surface area (Å²) in [6.45, 7) is 27.1. The van der Waals surface area contributed by atoms with Gasteiger partial charge in [0.05, 0.1) is 39.6 Å². The van der Waals surface area contributed by atoms with E-state index in [2.05, 4.69) is 41.5 Å². The van der Waals surface area contributed by atoms with Gasteiger partial charge in [-0.25, -0.2) is 26.3 Å². The fourth-order valence-corrected chi connectivity index (χ4v) is 21.0. The zero-order valence-electron chi connectivity index (χ0n) is 83.0. The Bertz CT molecular complexity index is 4150. The predicted octanol–water partition coefficient (Wildman–Crippen LogP) is 37.3. The molecule has 6 aliphatic carbocycles. The average molecular weight is 1860 g/mol. The molecule has 0 amide bonds. The number of ether oxygens (including phenoxy) is 6. The maximum atomic E-state index is 14.4. The Morgan fingerprint density at radius 3 is 0.508 bits per heavy atom. The first kappa shape index (κ1) is 112. The summed E-state index contributed by atoms with van der Waals surface area (Å²) >= 11 is 0. The maximum absolute atomic E-state index is 14.4. The van der Waals surface area contributed by atoms with Crippen molar-refractivity contribution in [2.45, 2.75) is 427 Å². The van der Waals surface area contributed by atoms with Crippen molar-refractivity contribution in [1.82, 2.24) is 0 Å². The Hall–Kier alpha value is -6.72. The Kier molecular flexibility index (Phi) is 53.5. The molecule has 6 saturated carbocycles. The van der Waals surface area contributed by atoms with Crippen LogP contribution < -0.4 is 28.4 Å². The second-order valence-corrected chi connectivity index (χ2v) is 38.7. The van der Waals surface area contributed by atoms with E-state index in [0.717, 1.165) is 228 Å². The summed E-state index contributed by atoms with van der Waals surface area (Å²) in [5, 5.41) is 0. The molecule has 0 N–H and O–H groups in total. The van der Waals surface area contributed by atoms with Crippen molar-refractivity contribution in [3.05, 3.63) is 176 Å². The minimum Gasteiger partial charge on any atom is -0.491 e. The van der Waals surface area contributed by atoms with Crippen LogP contribution in [0.4, 0.5) is 52.7 Å². The summed E-state index contributed by atoms with van der Waals surface area (Å²) in [4.78, 5) is 0. The number of hydrogen-bond donors (Lipinski definition) is 0. The Labute approximate surface area is 789 Å². The first-order valence-corrected chi connectivity index (χ1v) is 52.7. The Morgan fingerprint density at radius 2 is 0.341 bits per heavy atom. The van der Waals surface area contributed by atoms with Crippen LogP contribution in [0.25, 0.3) is 0 Å². The van der Waals surface area contributed by atoms with Gasteiger partial charge in [-0.05, 0) is 335 Å². The highest BCUT2D eigenvalue weighted by Crippen LogP contribution is 2.48. The molecule has 6 fully saturated rings. The number of halogens is 12. The van der Waals surface area contributed by atoms with Crippen molar-refractivity contribution in [3.63, 3.8) is 0 Å². The van der Waals surface area contributed by atoms with E-state index in [1.54, 1.807) is 93.6 Å². The summed E-state index contributed by atoms with van der Waals surface area (Å²) in [6.07, 6.45) is 53.6. The molecule has 6 aromatic rings. The molecule has 18 heteroatoms. The van der Waals surface area contributed by atoms with Crippen molar-refractivity contribution in [2.24, 2.45) is 35.5 Å². The average Bonchev–Trinajstić information content (AvgIpc) is 0.838. The summed E-state index contributed by atoms with van der Waals surface area (Å²) in [6, 6.07) is 19.8. The highest BCUT2D eigenvalue weighted by Gasteiger charge is 2.34. The largest absolute Gasteiger partial charge is 0.491 e. The van der Waals surface area contributed by atoms with Crippen LogP contribution in [0.15, 0.2) is 72.8 Å². The molecule has 744 valence electrons. The van der Waals surface area contributed by atoms with Gasteiger partial charge in [-0.15, -0.1) is 0 Å². The molecule has 6 aliphatic rings. The van der Waals surface area contributed by atoms with Crippen molar-refractivity contribution < 1.29 is 81.1 Å². The summed E-state index contributed by atoms with van der Waals surface area (Å²) in [5.74, 6) is -3.34. The minimum atomic E-state index is -0.833. The topological polar surface area (TPSA) is 55.4 Å². The standard InChI is InChI=1S/C21H32F2O.C20H30F2O.2C19H28F2O.C18H26F2O.C17H24F2O/c1-3-5-7-8-16-9-11-17(12-10-16)18-13-14-19(21(23)20(18)22)24-15-6-4-2;1-3-5-7-15-8-10-16(11-9-15)17-12-13-18(20(22)19(17)21)23-14-6-4-2;1-3-5-6-7-14-8-10-15(11-9-14)16-12-13-17(22-4-2)19(21)18(16)20;1-3-5-13-22-17-12-11-16(18(20)19(17)21)15-9-7-14(6-4-2)8-10-15;1-3-5-6-13-7-9-14(10-8-13)15-11-12-16(21-4-2)18(20)17(15)19;1-3-5-12-6-8-13(9-7-12)14-10-11-15(20-4-2)17(19)16(14)18/h13-14,16-17H,3-12,15H2,1-2H3;12-13,15-16H,3-11,14H2,1-2H3;12-15H,3-11H2,1-2H3;11-12,14-15H,3-10,13H2,1-2H3;11-14H,3-10H2,1-2H3;10-13H,3-9H2,1-2H3. The summed E-state index contributed by atoms with van der Waals surface area (Å²) in [7, 11) is 0. The molecule has 0 aromatic heterocycles. The molecule has 0 spiro atoms. The lowest BCUT2D eigenvalue weighted by atomic mass is 9.77. The van der Waals surface area contributed by atoms with Gasteiger partial charge in [0.2, 0.25) is 34.9 Å². The quantitative estimate of drug-likeness (QED) is 0.0281. The number of rotatable bonds is 42. The van der Waals surface area contributed by atoms with Crippen LogP contribution in [0.3, 0.4) is 0 Å². The van der Waals surface area contributed by atoms with E-state index in [9.17, 15) is 52.7 Å². The van der Waals surface area contributed by atoms with E-state index in [1.165, 1.54) is 116 Å². The van der Waals surface area contributed by atoms with Crippen molar-refractivity contribution in [2.75, 3.05) is 39.6 Å². The van der Waals surface area contributed by atoms with E-state index in [1.807, 2.05) is 20.8 Å². The van der Waals surface area contributed by atoms with E-state index in [4.69, 9.17) is 28.4 Å². The van der Waals surface area contributed by atoms with Gasteiger partial charge in [0, 0.05) is 0 Å². The first-order valence-electron chi connectivity index (χ1n) is 52.7. The minimum absolute atomic E-state index is 0.0217. The van der Waals surface area contributed by atoms with Gasteiger partial charge in [-0.3, -0.25) is 0 Å². The molecule has 12 rings (SSSR count). The number of hydrogen-bond acceptors (Lipinski definition) is 6. The molecule has 0 atom stereocenters. The van der Waals surface area contributed by atoms with Gasteiger partial charge in [0.15, 0.2) is 69.4 Å².